The molecule has 132 valence electrons. The standard InChI is InChI=1S/C20H23NO4/c22-18(16-23-15-17-6-2-1-3-7-17)12-21(13-19-8-4-10-24-19)14-20-9-5-11-25-20/h1-11,18,22H,12-16H2/t18-/m0/s1. The first-order valence-corrected chi connectivity index (χ1v) is 8.36. The normalized spacial score (nSPS) is 12.6. The molecule has 1 atom stereocenters. The van der Waals surface area contributed by atoms with Crippen molar-refractivity contribution in [2.45, 2.75) is 25.8 Å². The molecule has 2 heterocycles. The number of ether oxygens (including phenoxy) is 1. The number of hydrogen-bond donors (Lipinski definition) is 1. The lowest BCUT2D eigenvalue weighted by atomic mass is 10.2. The minimum absolute atomic E-state index is 0.279. The first kappa shape index (κ1) is 17.5. The molecule has 0 bridgehead atoms. The molecule has 1 N–H and O–H groups in total. The van der Waals surface area contributed by atoms with E-state index in [-0.39, 0.29) is 6.61 Å². The van der Waals surface area contributed by atoms with Gasteiger partial charge >= 0.3 is 0 Å². The highest BCUT2D eigenvalue weighted by Crippen LogP contribution is 2.12. The van der Waals surface area contributed by atoms with Crippen LogP contribution in [0.3, 0.4) is 0 Å². The Balaban J connectivity index is 1.49. The van der Waals surface area contributed by atoms with Crippen LogP contribution in [0.25, 0.3) is 0 Å². The van der Waals surface area contributed by atoms with E-state index in [9.17, 15) is 5.11 Å². The molecule has 0 fully saturated rings. The second-order valence-corrected chi connectivity index (χ2v) is 5.98. The van der Waals surface area contributed by atoms with E-state index in [0.717, 1.165) is 17.1 Å². The molecule has 0 saturated heterocycles. The zero-order valence-electron chi connectivity index (χ0n) is 14.1. The summed E-state index contributed by atoms with van der Waals surface area (Å²) in [7, 11) is 0. The molecule has 5 heteroatoms. The summed E-state index contributed by atoms with van der Waals surface area (Å²) in [5.41, 5.74) is 1.10. The maximum atomic E-state index is 10.3. The van der Waals surface area contributed by atoms with Crippen molar-refractivity contribution in [2.24, 2.45) is 0 Å². The molecule has 5 nitrogen and oxygen atoms in total. The number of furan rings is 2. The third-order valence-electron chi connectivity index (χ3n) is 3.81. The van der Waals surface area contributed by atoms with Gasteiger partial charge in [-0.05, 0) is 29.8 Å². The van der Waals surface area contributed by atoms with Crippen molar-refractivity contribution in [1.82, 2.24) is 4.90 Å². The highest BCUT2D eigenvalue weighted by atomic mass is 16.5. The third-order valence-corrected chi connectivity index (χ3v) is 3.81. The maximum absolute atomic E-state index is 10.3. The summed E-state index contributed by atoms with van der Waals surface area (Å²) >= 11 is 0. The Morgan fingerprint density at radius 2 is 1.52 bits per heavy atom. The maximum Gasteiger partial charge on any atom is 0.117 e. The fourth-order valence-corrected chi connectivity index (χ4v) is 2.67. The van der Waals surface area contributed by atoms with E-state index in [0.29, 0.717) is 26.2 Å². The molecule has 0 saturated carbocycles. The highest BCUT2D eigenvalue weighted by Gasteiger charge is 2.15. The van der Waals surface area contributed by atoms with Gasteiger partial charge in [-0.1, -0.05) is 30.3 Å². The number of nitrogens with zero attached hydrogens (tertiary/aromatic N) is 1. The van der Waals surface area contributed by atoms with Crippen LogP contribution in [0.1, 0.15) is 17.1 Å². The first-order valence-electron chi connectivity index (χ1n) is 8.36. The van der Waals surface area contributed by atoms with E-state index in [1.165, 1.54) is 0 Å². The van der Waals surface area contributed by atoms with Gasteiger partial charge in [0.2, 0.25) is 0 Å². The van der Waals surface area contributed by atoms with Gasteiger partial charge in [0, 0.05) is 6.54 Å². The Morgan fingerprint density at radius 3 is 2.08 bits per heavy atom. The summed E-state index contributed by atoms with van der Waals surface area (Å²) in [4.78, 5) is 2.08. The van der Waals surface area contributed by atoms with Crippen molar-refractivity contribution in [3.63, 3.8) is 0 Å². The largest absolute Gasteiger partial charge is 0.468 e. The fraction of sp³-hybridized carbons (Fsp3) is 0.300. The van der Waals surface area contributed by atoms with Gasteiger partial charge in [-0.3, -0.25) is 4.90 Å². The molecule has 0 spiro atoms. The number of benzene rings is 1. The van der Waals surface area contributed by atoms with Gasteiger partial charge < -0.3 is 18.7 Å². The van der Waals surface area contributed by atoms with E-state index >= 15 is 0 Å². The topological polar surface area (TPSA) is 59.0 Å². The van der Waals surface area contributed by atoms with Crippen LogP contribution < -0.4 is 0 Å². The SMILES string of the molecule is O[C@H](COCc1ccccc1)CN(Cc1ccco1)Cc1ccco1. The van der Waals surface area contributed by atoms with E-state index in [2.05, 4.69) is 4.90 Å². The first-order chi connectivity index (χ1) is 12.3. The lowest BCUT2D eigenvalue weighted by molar-refractivity contribution is 0.00510. The Hall–Kier alpha value is -2.34. The van der Waals surface area contributed by atoms with Gasteiger partial charge in [0.15, 0.2) is 0 Å². The molecule has 3 aromatic rings. The lowest BCUT2D eigenvalue weighted by Crippen LogP contribution is -2.34. The number of aliphatic hydroxyl groups excluding tert-OH is 1. The molecular formula is C20H23NO4. The summed E-state index contributed by atoms with van der Waals surface area (Å²) < 4.78 is 16.5. The fourth-order valence-electron chi connectivity index (χ4n) is 2.67. The van der Waals surface area contributed by atoms with Crippen LogP contribution in [-0.2, 0) is 24.4 Å². The zero-order valence-corrected chi connectivity index (χ0v) is 14.1. The molecule has 1 aromatic carbocycles. The molecule has 0 aliphatic rings. The van der Waals surface area contributed by atoms with Crippen molar-refractivity contribution in [2.75, 3.05) is 13.2 Å². The zero-order chi connectivity index (χ0) is 17.3. The van der Waals surface area contributed by atoms with Gasteiger partial charge in [0.25, 0.3) is 0 Å². The predicted molar refractivity (Wildman–Crippen MR) is 93.6 cm³/mol. The van der Waals surface area contributed by atoms with Crippen LogP contribution in [-0.4, -0.2) is 29.3 Å². The molecule has 0 unspecified atom stereocenters. The Labute approximate surface area is 147 Å². The van der Waals surface area contributed by atoms with Gasteiger partial charge in [-0.2, -0.15) is 0 Å². The molecular weight excluding hydrogens is 318 g/mol. The summed E-state index contributed by atoms with van der Waals surface area (Å²) in [6.45, 7) is 2.44. The minimum atomic E-state index is -0.589. The van der Waals surface area contributed by atoms with Crippen LogP contribution >= 0.6 is 0 Å². The van der Waals surface area contributed by atoms with Crippen LogP contribution in [0.2, 0.25) is 0 Å². The van der Waals surface area contributed by atoms with Crippen molar-refractivity contribution in [3.05, 3.63) is 84.2 Å². The van der Waals surface area contributed by atoms with E-state index in [1.807, 2.05) is 54.6 Å². The van der Waals surface area contributed by atoms with Gasteiger partial charge in [-0.15, -0.1) is 0 Å². The summed E-state index contributed by atoms with van der Waals surface area (Å²) in [6.07, 6.45) is 2.72. The molecule has 3 rings (SSSR count). The van der Waals surface area contributed by atoms with Crippen molar-refractivity contribution >= 4 is 0 Å². The second-order valence-electron chi connectivity index (χ2n) is 5.98. The monoisotopic (exact) mass is 341 g/mol. The number of aliphatic hydroxyl groups is 1. The number of rotatable bonds is 10. The molecule has 25 heavy (non-hydrogen) atoms. The predicted octanol–water partition coefficient (Wildman–Crippen LogP) is 3.45. The van der Waals surface area contributed by atoms with Crippen LogP contribution in [0.15, 0.2) is 76.0 Å². The second kappa shape index (κ2) is 9.22. The lowest BCUT2D eigenvalue weighted by Gasteiger charge is -2.23. The van der Waals surface area contributed by atoms with E-state index in [1.54, 1.807) is 12.5 Å². The molecule has 0 aliphatic heterocycles. The molecule has 2 aromatic heterocycles. The highest BCUT2D eigenvalue weighted by molar-refractivity contribution is 5.13. The average molecular weight is 341 g/mol. The summed E-state index contributed by atoms with van der Waals surface area (Å²) in [6, 6.07) is 17.5. The van der Waals surface area contributed by atoms with Crippen LogP contribution in [0.4, 0.5) is 0 Å². The Kier molecular flexibility index (Phi) is 6.45. The van der Waals surface area contributed by atoms with Gasteiger partial charge in [0.05, 0.1) is 44.9 Å². The van der Waals surface area contributed by atoms with Gasteiger partial charge in [0.1, 0.15) is 11.5 Å². The summed E-state index contributed by atoms with van der Waals surface area (Å²) in [5.74, 6) is 1.70. The van der Waals surface area contributed by atoms with Crippen molar-refractivity contribution < 1.29 is 18.7 Å². The molecule has 0 aliphatic carbocycles. The van der Waals surface area contributed by atoms with Crippen LogP contribution in [0, 0.1) is 0 Å². The van der Waals surface area contributed by atoms with E-state index < -0.39 is 6.10 Å². The van der Waals surface area contributed by atoms with Crippen molar-refractivity contribution in [1.29, 1.82) is 0 Å². The van der Waals surface area contributed by atoms with Crippen LogP contribution in [0.5, 0.6) is 0 Å². The molecule has 0 amide bonds. The smallest absolute Gasteiger partial charge is 0.117 e. The minimum Gasteiger partial charge on any atom is -0.468 e. The summed E-state index contributed by atoms with van der Waals surface area (Å²) in [5, 5.41) is 10.3. The third kappa shape index (κ3) is 5.90. The average Bonchev–Trinajstić information content (AvgIpc) is 3.30. The van der Waals surface area contributed by atoms with Gasteiger partial charge in [-0.25, -0.2) is 0 Å². The van der Waals surface area contributed by atoms with Crippen molar-refractivity contribution in [3.8, 4) is 0 Å². The Bertz CT molecular complexity index is 658. The number of hydrogen-bond acceptors (Lipinski definition) is 5. The quantitative estimate of drug-likeness (QED) is 0.612. The van der Waals surface area contributed by atoms with E-state index in [4.69, 9.17) is 13.6 Å². The molecule has 0 radical (unpaired) electrons. The Morgan fingerprint density at radius 1 is 0.880 bits per heavy atom.